The normalized spacial score (nSPS) is 12.9. The Labute approximate surface area is 310 Å². The monoisotopic (exact) mass is 678 g/mol. The third-order valence-electron chi connectivity index (χ3n) is 11.2. The Balaban J connectivity index is 1.09. The smallest absolute Gasteiger partial charge is 0.0541 e. The van der Waals surface area contributed by atoms with Crippen molar-refractivity contribution in [2.45, 2.75) is 19.3 Å². The molecule has 0 unspecified atom stereocenters. The van der Waals surface area contributed by atoms with Crippen molar-refractivity contribution >= 4 is 38.9 Å². The van der Waals surface area contributed by atoms with Gasteiger partial charge < -0.3 is 9.47 Å². The summed E-state index contributed by atoms with van der Waals surface area (Å²) < 4.78 is 2.37. The standard InChI is InChI=1S/C51H38N2/c1-51(2)45-24-12-9-22-43(45)50-42(23-15-25-46(50)51)40-20-10-13-26-47(40)52(37-16-5-3-6-17-37)39-31-28-35(29-32-39)36-30-33-49-44(34-36)41-21-11-14-27-48(41)53(49)38-18-7-4-8-19-38/h3-34H,1-2H3. The maximum atomic E-state index is 2.40. The number of rotatable bonds is 6. The average molecular weight is 679 g/mol. The van der Waals surface area contributed by atoms with E-state index in [1.807, 2.05) is 0 Å². The predicted octanol–water partition coefficient (Wildman–Crippen LogP) is 13.9. The Morgan fingerprint density at radius 1 is 0.415 bits per heavy atom. The molecule has 9 aromatic rings. The fourth-order valence-electron chi connectivity index (χ4n) is 8.69. The van der Waals surface area contributed by atoms with Gasteiger partial charge in [0.2, 0.25) is 0 Å². The van der Waals surface area contributed by atoms with E-state index in [0.29, 0.717) is 0 Å². The highest BCUT2D eigenvalue weighted by Crippen LogP contribution is 2.53. The Hall–Kier alpha value is -6.64. The average Bonchev–Trinajstić information content (AvgIpc) is 3.67. The summed E-state index contributed by atoms with van der Waals surface area (Å²) in [6, 6.07) is 70.7. The van der Waals surface area contributed by atoms with Gasteiger partial charge >= 0.3 is 0 Å². The van der Waals surface area contributed by atoms with E-state index in [1.54, 1.807) is 0 Å². The lowest BCUT2D eigenvalue weighted by atomic mass is 9.82. The topological polar surface area (TPSA) is 8.17 Å². The second-order valence-corrected chi connectivity index (χ2v) is 14.6. The zero-order valence-electron chi connectivity index (χ0n) is 29.9. The van der Waals surface area contributed by atoms with Crippen molar-refractivity contribution in [3.05, 3.63) is 205 Å². The molecule has 0 aliphatic heterocycles. The lowest BCUT2D eigenvalue weighted by Crippen LogP contribution is -2.14. The third-order valence-corrected chi connectivity index (χ3v) is 11.2. The van der Waals surface area contributed by atoms with E-state index in [0.717, 1.165) is 17.1 Å². The fraction of sp³-hybridized carbons (Fsp3) is 0.0588. The van der Waals surface area contributed by atoms with Crippen LogP contribution in [0, 0.1) is 0 Å². The molecule has 10 rings (SSSR count). The molecule has 0 saturated heterocycles. The maximum absolute atomic E-state index is 2.40. The minimum absolute atomic E-state index is 0.0642. The van der Waals surface area contributed by atoms with Gasteiger partial charge in [0, 0.05) is 38.8 Å². The molecule has 0 amide bonds. The van der Waals surface area contributed by atoms with Gasteiger partial charge in [-0.1, -0.05) is 147 Å². The number of hydrogen-bond acceptors (Lipinski definition) is 1. The zero-order chi connectivity index (χ0) is 35.5. The van der Waals surface area contributed by atoms with Gasteiger partial charge in [0.25, 0.3) is 0 Å². The molecule has 1 heterocycles. The first-order chi connectivity index (χ1) is 26.1. The van der Waals surface area contributed by atoms with Gasteiger partial charge in [-0.2, -0.15) is 0 Å². The highest BCUT2D eigenvalue weighted by Gasteiger charge is 2.37. The molecule has 53 heavy (non-hydrogen) atoms. The fourth-order valence-corrected chi connectivity index (χ4v) is 8.69. The first kappa shape index (κ1) is 31.1. The van der Waals surface area contributed by atoms with Gasteiger partial charge in [-0.15, -0.1) is 0 Å². The molecule has 0 radical (unpaired) electrons. The molecule has 252 valence electrons. The number of nitrogens with zero attached hydrogens (tertiary/aromatic N) is 2. The highest BCUT2D eigenvalue weighted by atomic mass is 15.1. The molecule has 0 saturated carbocycles. The van der Waals surface area contributed by atoms with E-state index in [2.05, 4.69) is 217 Å². The van der Waals surface area contributed by atoms with Crippen molar-refractivity contribution in [1.82, 2.24) is 4.57 Å². The first-order valence-corrected chi connectivity index (χ1v) is 18.4. The molecule has 1 aromatic heterocycles. The van der Waals surface area contributed by atoms with Crippen LogP contribution in [0.25, 0.3) is 60.9 Å². The molecule has 8 aromatic carbocycles. The van der Waals surface area contributed by atoms with E-state index in [1.165, 1.54) is 72.0 Å². The number of para-hydroxylation sites is 4. The van der Waals surface area contributed by atoms with Crippen molar-refractivity contribution < 1.29 is 0 Å². The van der Waals surface area contributed by atoms with Crippen molar-refractivity contribution in [3.8, 4) is 39.1 Å². The molecular weight excluding hydrogens is 641 g/mol. The number of hydrogen-bond donors (Lipinski definition) is 0. The van der Waals surface area contributed by atoms with Crippen molar-refractivity contribution in [2.24, 2.45) is 0 Å². The molecule has 2 heteroatoms. The van der Waals surface area contributed by atoms with Crippen LogP contribution in [0.15, 0.2) is 194 Å². The van der Waals surface area contributed by atoms with Crippen molar-refractivity contribution in [2.75, 3.05) is 4.90 Å². The van der Waals surface area contributed by atoms with Gasteiger partial charge in [0.1, 0.15) is 0 Å². The first-order valence-electron chi connectivity index (χ1n) is 18.4. The van der Waals surface area contributed by atoms with E-state index >= 15 is 0 Å². The van der Waals surface area contributed by atoms with Crippen LogP contribution >= 0.6 is 0 Å². The van der Waals surface area contributed by atoms with Crippen LogP contribution in [0.4, 0.5) is 17.1 Å². The van der Waals surface area contributed by atoms with E-state index in [4.69, 9.17) is 0 Å². The molecule has 1 aliphatic carbocycles. The molecule has 0 atom stereocenters. The minimum Gasteiger partial charge on any atom is -0.310 e. The second-order valence-electron chi connectivity index (χ2n) is 14.6. The Kier molecular flexibility index (Phi) is 7.19. The van der Waals surface area contributed by atoms with Gasteiger partial charge in [-0.05, 0) is 99.6 Å². The summed E-state index contributed by atoms with van der Waals surface area (Å²) in [4.78, 5) is 2.40. The molecule has 2 nitrogen and oxygen atoms in total. The number of benzene rings is 8. The Morgan fingerprint density at radius 3 is 1.81 bits per heavy atom. The van der Waals surface area contributed by atoms with E-state index in [-0.39, 0.29) is 5.41 Å². The summed E-state index contributed by atoms with van der Waals surface area (Å²) in [5.41, 5.74) is 17.2. The molecule has 0 fully saturated rings. The molecular formula is C51H38N2. The van der Waals surface area contributed by atoms with Crippen LogP contribution in [0.1, 0.15) is 25.0 Å². The summed E-state index contributed by atoms with van der Waals surface area (Å²) in [7, 11) is 0. The lowest BCUT2D eigenvalue weighted by molar-refractivity contribution is 0.660. The third kappa shape index (κ3) is 4.94. The predicted molar refractivity (Wildman–Crippen MR) is 224 cm³/mol. The van der Waals surface area contributed by atoms with Crippen LogP contribution in [0.5, 0.6) is 0 Å². The van der Waals surface area contributed by atoms with Crippen LogP contribution < -0.4 is 4.90 Å². The summed E-state index contributed by atoms with van der Waals surface area (Å²) in [6.07, 6.45) is 0. The van der Waals surface area contributed by atoms with Gasteiger partial charge in [-0.25, -0.2) is 0 Å². The molecule has 0 bridgehead atoms. The number of anilines is 3. The van der Waals surface area contributed by atoms with Crippen LogP contribution in [0.2, 0.25) is 0 Å². The van der Waals surface area contributed by atoms with Crippen molar-refractivity contribution in [3.63, 3.8) is 0 Å². The maximum Gasteiger partial charge on any atom is 0.0541 e. The SMILES string of the molecule is CC1(C)c2ccccc2-c2c(-c3ccccc3N(c3ccccc3)c3ccc(-c4ccc5c(c4)c4ccccc4n5-c4ccccc4)cc3)cccc21. The highest BCUT2D eigenvalue weighted by molar-refractivity contribution is 6.10. The molecule has 1 aliphatic rings. The molecule has 0 N–H and O–H groups in total. The summed E-state index contributed by atoms with van der Waals surface area (Å²) in [6.45, 7) is 4.70. The second kappa shape index (κ2) is 12.3. The van der Waals surface area contributed by atoms with Crippen LogP contribution in [-0.4, -0.2) is 4.57 Å². The van der Waals surface area contributed by atoms with Crippen LogP contribution in [0.3, 0.4) is 0 Å². The van der Waals surface area contributed by atoms with Gasteiger partial charge in [0.05, 0.1) is 16.7 Å². The zero-order valence-corrected chi connectivity index (χ0v) is 29.9. The summed E-state index contributed by atoms with van der Waals surface area (Å²) in [5.74, 6) is 0. The largest absolute Gasteiger partial charge is 0.310 e. The lowest BCUT2D eigenvalue weighted by Gasteiger charge is -2.28. The van der Waals surface area contributed by atoms with E-state index < -0.39 is 0 Å². The van der Waals surface area contributed by atoms with Crippen molar-refractivity contribution in [1.29, 1.82) is 0 Å². The van der Waals surface area contributed by atoms with E-state index in [9.17, 15) is 0 Å². The summed E-state index contributed by atoms with van der Waals surface area (Å²) >= 11 is 0. The molecule has 0 spiro atoms. The summed E-state index contributed by atoms with van der Waals surface area (Å²) in [5, 5.41) is 2.51. The number of fused-ring (bicyclic) bond motifs is 6. The Bertz CT molecular complexity index is 2790. The Morgan fingerprint density at radius 2 is 1.00 bits per heavy atom. The van der Waals surface area contributed by atoms with Crippen LogP contribution in [-0.2, 0) is 5.41 Å². The van der Waals surface area contributed by atoms with Gasteiger partial charge in [0.15, 0.2) is 0 Å². The quantitative estimate of drug-likeness (QED) is 0.170. The number of aromatic nitrogens is 1. The minimum atomic E-state index is -0.0642. The van der Waals surface area contributed by atoms with Gasteiger partial charge in [-0.3, -0.25) is 0 Å².